The van der Waals surface area contributed by atoms with E-state index in [0.717, 1.165) is 17.7 Å². The molecule has 1 aromatic rings. The van der Waals surface area contributed by atoms with Crippen molar-refractivity contribution in [3.8, 4) is 0 Å². The summed E-state index contributed by atoms with van der Waals surface area (Å²) >= 11 is 0. The molecule has 2 heterocycles. The van der Waals surface area contributed by atoms with E-state index >= 15 is 0 Å². The van der Waals surface area contributed by atoms with Crippen molar-refractivity contribution in [3.63, 3.8) is 0 Å². The molecule has 0 aliphatic carbocycles. The minimum Gasteiger partial charge on any atom is -0.449 e. The highest BCUT2D eigenvalue weighted by atomic mass is 16.5. The first-order valence-corrected chi connectivity index (χ1v) is 7.86. The van der Waals surface area contributed by atoms with E-state index in [1.165, 1.54) is 32.2 Å². The van der Waals surface area contributed by atoms with Crippen molar-refractivity contribution in [2.75, 3.05) is 20.1 Å². The fourth-order valence-electron chi connectivity index (χ4n) is 2.96. The van der Waals surface area contributed by atoms with Gasteiger partial charge in [0.15, 0.2) is 6.10 Å². The summed E-state index contributed by atoms with van der Waals surface area (Å²) in [7, 11) is 1.39. The molecule has 0 radical (unpaired) electrons. The molecule has 126 valence electrons. The Morgan fingerprint density at radius 3 is 2.38 bits per heavy atom. The zero-order valence-electron chi connectivity index (χ0n) is 13.6. The molecule has 0 saturated carbocycles. The predicted molar refractivity (Wildman–Crippen MR) is 83.6 cm³/mol. The third-order valence-electron chi connectivity index (χ3n) is 4.37. The van der Waals surface area contributed by atoms with Crippen LogP contribution >= 0.6 is 0 Å². The van der Waals surface area contributed by atoms with Gasteiger partial charge < -0.3 is 9.64 Å². The molecule has 2 aliphatic heterocycles. The van der Waals surface area contributed by atoms with Crippen molar-refractivity contribution in [1.29, 1.82) is 0 Å². The third-order valence-corrected chi connectivity index (χ3v) is 4.37. The van der Waals surface area contributed by atoms with Crippen LogP contribution < -0.4 is 0 Å². The van der Waals surface area contributed by atoms with Crippen LogP contribution in [0.25, 0.3) is 0 Å². The highest BCUT2D eigenvalue weighted by Gasteiger charge is 2.34. The normalized spacial score (nSPS) is 17.9. The van der Waals surface area contributed by atoms with Crippen molar-refractivity contribution in [3.05, 3.63) is 34.9 Å². The van der Waals surface area contributed by atoms with Crippen LogP contribution in [0.3, 0.4) is 0 Å². The molecule has 0 N–H and O–H groups in total. The van der Waals surface area contributed by atoms with Gasteiger partial charge in [0.25, 0.3) is 17.7 Å². The van der Waals surface area contributed by atoms with Crippen LogP contribution in [0.1, 0.15) is 50.8 Å². The fraction of sp³-hybridized carbons (Fsp3) is 0.412. The molecule has 1 unspecified atom stereocenters. The van der Waals surface area contributed by atoms with Crippen LogP contribution in [0, 0.1) is 0 Å². The second-order valence-electron chi connectivity index (χ2n) is 6.01. The number of imide groups is 1. The summed E-state index contributed by atoms with van der Waals surface area (Å²) in [6.45, 7) is 2.90. The van der Waals surface area contributed by atoms with Gasteiger partial charge in [0, 0.05) is 20.1 Å². The van der Waals surface area contributed by atoms with Crippen molar-refractivity contribution in [2.45, 2.75) is 25.9 Å². The lowest BCUT2D eigenvalue weighted by atomic mass is 10.1. The summed E-state index contributed by atoms with van der Waals surface area (Å²) in [5.74, 6) is -1.75. The maximum absolute atomic E-state index is 12.2. The lowest BCUT2D eigenvalue weighted by molar-refractivity contribution is -0.138. The highest BCUT2D eigenvalue weighted by molar-refractivity contribution is 6.21. The number of likely N-dealkylation sites (tertiary alicyclic amines) is 1. The van der Waals surface area contributed by atoms with Gasteiger partial charge in [-0.15, -0.1) is 0 Å². The summed E-state index contributed by atoms with van der Waals surface area (Å²) in [5.41, 5.74) is 0.585. The Morgan fingerprint density at radius 2 is 1.71 bits per heavy atom. The zero-order valence-corrected chi connectivity index (χ0v) is 13.6. The van der Waals surface area contributed by atoms with Crippen LogP contribution in [-0.2, 0) is 9.53 Å². The van der Waals surface area contributed by atoms with E-state index in [2.05, 4.69) is 0 Å². The van der Waals surface area contributed by atoms with Crippen molar-refractivity contribution < 1.29 is 23.9 Å². The van der Waals surface area contributed by atoms with Crippen molar-refractivity contribution in [1.82, 2.24) is 9.80 Å². The summed E-state index contributed by atoms with van der Waals surface area (Å²) in [4.78, 5) is 50.9. The molecule has 0 bridgehead atoms. The SMILES string of the molecule is CC(OC(=O)c1ccc2c(c1)C(=O)N(C)C2=O)C(=O)N1CCCC1. The third kappa shape index (κ3) is 2.66. The first-order valence-electron chi connectivity index (χ1n) is 7.86. The van der Waals surface area contributed by atoms with E-state index in [0.29, 0.717) is 13.1 Å². The minimum absolute atomic E-state index is 0.145. The summed E-state index contributed by atoms with van der Waals surface area (Å²) in [6, 6.07) is 4.20. The van der Waals surface area contributed by atoms with Crippen LogP contribution in [0.15, 0.2) is 18.2 Å². The largest absolute Gasteiger partial charge is 0.449 e. The van der Waals surface area contributed by atoms with Gasteiger partial charge in [0.05, 0.1) is 16.7 Å². The van der Waals surface area contributed by atoms with Crippen LogP contribution in [0.2, 0.25) is 0 Å². The first kappa shape index (κ1) is 16.2. The van der Waals surface area contributed by atoms with Crippen LogP contribution in [-0.4, -0.2) is 59.7 Å². The fourth-order valence-corrected chi connectivity index (χ4v) is 2.96. The summed E-state index contributed by atoms with van der Waals surface area (Å²) in [6.07, 6.45) is 1.03. The van der Waals surface area contributed by atoms with Gasteiger partial charge in [-0.1, -0.05) is 0 Å². The molecule has 7 nitrogen and oxygen atoms in total. The van der Waals surface area contributed by atoms with E-state index in [4.69, 9.17) is 4.74 Å². The number of benzene rings is 1. The molecule has 24 heavy (non-hydrogen) atoms. The average molecular weight is 330 g/mol. The minimum atomic E-state index is -0.885. The van der Waals surface area contributed by atoms with E-state index in [-0.39, 0.29) is 22.6 Å². The van der Waals surface area contributed by atoms with Gasteiger partial charge in [0.1, 0.15) is 0 Å². The van der Waals surface area contributed by atoms with E-state index in [9.17, 15) is 19.2 Å². The average Bonchev–Trinajstić information content (AvgIpc) is 3.18. The second kappa shape index (κ2) is 6.07. The number of nitrogens with zero attached hydrogens (tertiary/aromatic N) is 2. The summed E-state index contributed by atoms with van der Waals surface area (Å²) in [5, 5.41) is 0. The molecular formula is C17H18N2O5. The molecule has 3 amide bonds. The van der Waals surface area contributed by atoms with Gasteiger partial charge in [0.2, 0.25) is 0 Å². The molecule has 1 atom stereocenters. The summed E-state index contributed by atoms with van der Waals surface area (Å²) < 4.78 is 5.22. The van der Waals surface area contributed by atoms with Gasteiger partial charge in [-0.05, 0) is 38.0 Å². The van der Waals surface area contributed by atoms with Crippen LogP contribution in [0.4, 0.5) is 0 Å². The topological polar surface area (TPSA) is 84.0 Å². The Morgan fingerprint density at radius 1 is 1.08 bits per heavy atom. The van der Waals surface area contributed by atoms with Gasteiger partial charge in [-0.2, -0.15) is 0 Å². The second-order valence-corrected chi connectivity index (χ2v) is 6.01. The number of esters is 1. The number of rotatable bonds is 3. The standard InChI is InChI=1S/C17H18N2O5/c1-10(14(20)19-7-3-4-8-19)24-17(23)11-5-6-12-13(9-11)16(22)18(2)15(12)21/h5-6,9-10H,3-4,7-8H2,1-2H3. The Labute approximate surface area is 139 Å². The predicted octanol–water partition coefficient (Wildman–Crippen LogP) is 1.08. The number of hydrogen-bond acceptors (Lipinski definition) is 5. The van der Waals surface area contributed by atoms with Crippen LogP contribution in [0.5, 0.6) is 0 Å². The molecule has 0 spiro atoms. The lowest BCUT2D eigenvalue weighted by Gasteiger charge is -2.20. The zero-order chi connectivity index (χ0) is 17.4. The quantitative estimate of drug-likeness (QED) is 0.612. The molecule has 1 fully saturated rings. The number of fused-ring (bicyclic) bond motifs is 1. The molecule has 0 aromatic heterocycles. The Balaban J connectivity index is 1.73. The van der Waals surface area contributed by atoms with Gasteiger partial charge >= 0.3 is 5.97 Å². The molecule has 7 heteroatoms. The number of amides is 3. The number of ether oxygens (including phenoxy) is 1. The Kier molecular flexibility index (Phi) is 4.09. The van der Waals surface area contributed by atoms with E-state index < -0.39 is 23.9 Å². The monoisotopic (exact) mass is 330 g/mol. The number of carbonyl (C=O) groups is 4. The van der Waals surface area contributed by atoms with Crippen molar-refractivity contribution >= 4 is 23.7 Å². The van der Waals surface area contributed by atoms with Gasteiger partial charge in [-0.25, -0.2) is 4.79 Å². The Hall–Kier alpha value is -2.70. The van der Waals surface area contributed by atoms with E-state index in [1.54, 1.807) is 4.90 Å². The number of hydrogen-bond donors (Lipinski definition) is 0. The highest BCUT2D eigenvalue weighted by Crippen LogP contribution is 2.23. The molecule has 2 aliphatic rings. The smallest absolute Gasteiger partial charge is 0.338 e. The van der Waals surface area contributed by atoms with E-state index in [1.807, 2.05) is 0 Å². The lowest BCUT2D eigenvalue weighted by Crippen LogP contribution is -2.38. The molecule has 1 aromatic carbocycles. The first-order chi connectivity index (χ1) is 11.4. The van der Waals surface area contributed by atoms with Gasteiger partial charge in [-0.3, -0.25) is 19.3 Å². The maximum Gasteiger partial charge on any atom is 0.338 e. The maximum atomic E-state index is 12.2. The molecular weight excluding hydrogens is 312 g/mol. The molecule has 1 saturated heterocycles. The molecule has 3 rings (SSSR count). The number of carbonyl (C=O) groups excluding carboxylic acids is 4. The Bertz CT molecular complexity index is 736. The van der Waals surface area contributed by atoms with Crippen molar-refractivity contribution in [2.24, 2.45) is 0 Å².